The summed E-state index contributed by atoms with van der Waals surface area (Å²) in [7, 11) is 0. The van der Waals surface area contributed by atoms with E-state index in [1.165, 1.54) is 12.1 Å². The summed E-state index contributed by atoms with van der Waals surface area (Å²) in [6.45, 7) is 0. The molecule has 18 heavy (non-hydrogen) atoms. The molecule has 6 heteroatoms. The number of aromatic nitrogens is 1. The number of hydrogen-bond donors (Lipinski definition) is 2. The molecule has 0 amide bonds. The summed E-state index contributed by atoms with van der Waals surface area (Å²) in [5.41, 5.74) is 5.59. The van der Waals surface area contributed by atoms with Crippen LogP contribution in [0.4, 0.5) is 4.39 Å². The fourth-order valence-electron chi connectivity index (χ4n) is 1.29. The smallest absolute Gasteiger partial charge is 0.220 e. The van der Waals surface area contributed by atoms with Crippen molar-refractivity contribution in [2.75, 3.05) is 0 Å². The Labute approximate surface area is 111 Å². The van der Waals surface area contributed by atoms with Gasteiger partial charge in [-0.25, -0.2) is 9.37 Å². The Kier molecular flexibility index (Phi) is 3.57. The minimum Gasteiger partial charge on any atom is -0.436 e. The highest BCUT2D eigenvalue weighted by Crippen LogP contribution is 2.25. The first-order chi connectivity index (χ1) is 8.56. The van der Waals surface area contributed by atoms with Crippen LogP contribution >= 0.6 is 15.9 Å². The molecule has 0 spiro atoms. The molecule has 92 valence electrons. The SMILES string of the molecule is N=C(N)c1cccc(Oc2ccc(Br)cc2F)n1. The van der Waals surface area contributed by atoms with Gasteiger partial charge < -0.3 is 10.5 Å². The lowest BCUT2D eigenvalue weighted by Crippen LogP contribution is -2.13. The van der Waals surface area contributed by atoms with Crippen molar-refractivity contribution in [2.45, 2.75) is 0 Å². The van der Waals surface area contributed by atoms with Crippen LogP contribution in [-0.4, -0.2) is 10.8 Å². The number of ether oxygens (including phenoxy) is 1. The average molecular weight is 310 g/mol. The van der Waals surface area contributed by atoms with E-state index in [0.29, 0.717) is 4.47 Å². The van der Waals surface area contributed by atoms with E-state index in [1.54, 1.807) is 24.3 Å². The van der Waals surface area contributed by atoms with Crippen molar-refractivity contribution >= 4 is 21.8 Å². The lowest BCUT2D eigenvalue weighted by atomic mass is 10.3. The molecule has 0 aliphatic heterocycles. The van der Waals surface area contributed by atoms with Crippen molar-refractivity contribution in [1.82, 2.24) is 4.98 Å². The summed E-state index contributed by atoms with van der Waals surface area (Å²) in [5, 5.41) is 7.26. The maximum atomic E-state index is 13.5. The van der Waals surface area contributed by atoms with E-state index in [2.05, 4.69) is 20.9 Å². The molecule has 2 aromatic rings. The van der Waals surface area contributed by atoms with Crippen molar-refractivity contribution in [3.63, 3.8) is 0 Å². The van der Waals surface area contributed by atoms with Crippen LogP contribution in [0.2, 0.25) is 0 Å². The van der Waals surface area contributed by atoms with Gasteiger partial charge in [0.2, 0.25) is 5.88 Å². The minimum absolute atomic E-state index is 0.0615. The summed E-state index contributed by atoms with van der Waals surface area (Å²) < 4.78 is 19.5. The quantitative estimate of drug-likeness (QED) is 0.676. The normalized spacial score (nSPS) is 10.1. The summed E-state index contributed by atoms with van der Waals surface area (Å²) in [6.07, 6.45) is 0. The molecule has 3 N–H and O–H groups in total. The number of nitrogens with one attached hydrogen (secondary N) is 1. The molecule has 0 fully saturated rings. The molecule has 0 atom stereocenters. The molecule has 0 aliphatic rings. The molecule has 0 bridgehead atoms. The van der Waals surface area contributed by atoms with Gasteiger partial charge in [-0.2, -0.15) is 0 Å². The fourth-order valence-corrected chi connectivity index (χ4v) is 1.63. The molecule has 0 radical (unpaired) electrons. The van der Waals surface area contributed by atoms with Crippen LogP contribution < -0.4 is 10.5 Å². The second-order valence-electron chi connectivity index (χ2n) is 3.45. The van der Waals surface area contributed by atoms with Gasteiger partial charge in [0.15, 0.2) is 11.6 Å². The van der Waals surface area contributed by atoms with E-state index < -0.39 is 5.82 Å². The van der Waals surface area contributed by atoms with Gasteiger partial charge in [0.05, 0.1) is 0 Å². The molecule has 0 aliphatic carbocycles. The second kappa shape index (κ2) is 5.14. The number of hydrogen-bond acceptors (Lipinski definition) is 3. The molecule has 1 aromatic carbocycles. The molecule has 0 unspecified atom stereocenters. The molecule has 2 rings (SSSR count). The van der Waals surface area contributed by atoms with Crippen molar-refractivity contribution < 1.29 is 9.13 Å². The van der Waals surface area contributed by atoms with Crippen molar-refractivity contribution in [1.29, 1.82) is 5.41 Å². The highest BCUT2D eigenvalue weighted by Gasteiger charge is 2.07. The van der Waals surface area contributed by atoms with E-state index in [-0.39, 0.29) is 23.2 Å². The Morgan fingerprint density at radius 3 is 2.78 bits per heavy atom. The van der Waals surface area contributed by atoms with E-state index in [9.17, 15) is 4.39 Å². The van der Waals surface area contributed by atoms with Gasteiger partial charge in [0, 0.05) is 10.5 Å². The van der Waals surface area contributed by atoms with Gasteiger partial charge in [-0.1, -0.05) is 22.0 Å². The van der Waals surface area contributed by atoms with Crippen LogP contribution in [0.3, 0.4) is 0 Å². The van der Waals surface area contributed by atoms with Crippen LogP contribution in [-0.2, 0) is 0 Å². The van der Waals surface area contributed by atoms with Crippen molar-refractivity contribution in [2.24, 2.45) is 5.73 Å². The van der Waals surface area contributed by atoms with Gasteiger partial charge in [0.1, 0.15) is 11.5 Å². The summed E-state index contributed by atoms with van der Waals surface area (Å²) in [5.74, 6) is -0.425. The first-order valence-corrected chi connectivity index (χ1v) is 5.80. The van der Waals surface area contributed by atoms with E-state index in [0.717, 1.165) is 0 Å². The zero-order valence-electron chi connectivity index (χ0n) is 9.15. The molecular formula is C12H9BrFN3O. The number of amidine groups is 1. The third kappa shape index (κ3) is 2.84. The maximum absolute atomic E-state index is 13.5. The average Bonchev–Trinajstić information content (AvgIpc) is 2.33. The third-order valence-corrected chi connectivity index (χ3v) is 2.60. The van der Waals surface area contributed by atoms with Crippen LogP contribution in [0.15, 0.2) is 40.9 Å². The topological polar surface area (TPSA) is 72.0 Å². The molecule has 1 aromatic heterocycles. The van der Waals surface area contributed by atoms with Crippen LogP contribution in [0.5, 0.6) is 11.6 Å². The largest absolute Gasteiger partial charge is 0.436 e. The fraction of sp³-hybridized carbons (Fsp3) is 0. The zero-order valence-corrected chi connectivity index (χ0v) is 10.7. The van der Waals surface area contributed by atoms with Crippen molar-refractivity contribution in [3.05, 3.63) is 52.4 Å². The lowest BCUT2D eigenvalue weighted by molar-refractivity contribution is 0.427. The van der Waals surface area contributed by atoms with Gasteiger partial charge >= 0.3 is 0 Å². The number of nitrogen functional groups attached to an aromatic ring is 1. The molecule has 4 nitrogen and oxygen atoms in total. The van der Waals surface area contributed by atoms with Crippen LogP contribution in [0, 0.1) is 11.2 Å². The highest BCUT2D eigenvalue weighted by atomic mass is 79.9. The number of nitrogens with zero attached hydrogens (tertiary/aromatic N) is 1. The predicted octanol–water partition coefficient (Wildman–Crippen LogP) is 3.06. The first kappa shape index (κ1) is 12.5. The monoisotopic (exact) mass is 309 g/mol. The molecule has 0 saturated heterocycles. The Bertz CT molecular complexity index is 604. The van der Waals surface area contributed by atoms with E-state index >= 15 is 0 Å². The molecular weight excluding hydrogens is 301 g/mol. The number of rotatable bonds is 3. The Morgan fingerprint density at radius 1 is 1.33 bits per heavy atom. The minimum atomic E-state index is -0.501. The van der Waals surface area contributed by atoms with E-state index in [1.807, 2.05) is 0 Å². The zero-order chi connectivity index (χ0) is 13.1. The van der Waals surface area contributed by atoms with Gasteiger partial charge in [-0.3, -0.25) is 5.41 Å². The standard InChI is InChI=1S/C12H9BrFN3O/c13-7-4-5-10(8(14)6-7)18-11-3-1-2-9(17-11)12(15)16/h1-6H,(H3,15,16). The number of pyridine rings is 1. The number of halogens is 2. The molecule has 1 heterocycles. The number of nitrogens with two attached hydrogens (primary N) is 1. The van der Waals surface area contributed by atoms with E-state index in [4.69, 9.17) is 15.9 Å². The van der Waals surface area contributed by atoms with Gasteiger partial charge in [-0.05, 0) is 24.3 Å². The van der Waals surface area contributed by atoms with Crippen LogP contribution in [0.25, 0.3) is 0 Å². The second-order valence-corrected chi connectivity index (χ2v) is 4.37. The van der Waals surface area contributed by atoms with Crippen molar-refractivity contribution in [3.8, 4) is 11.6 Å². The predicted molar refractivity (Wildman–Crippen MR) is 69.4 cm³/mol. The highest BCUT2D eigenvalue weighted by molar-refractivity contribution is 9.10. The Balaban J connectivity index is 2.28. The number of benzene rings is 1. The Hall–Kier alpha value is -1.95. The van der Waals surface area contributed by atoms with Gasteiger partial charge in [0.25, 0.3) is 0 Å². The maximum Gasteiger partial charge on any atom is 0.220 e. The summed E-state index contributed by atoms with van der Waals surface area (Å²) in [6, 6.07) is 9.22. The van der Waals surface area contributed by atoms with Gasteiger partial charge in [-0.15, -0.1) is 0 Å². The lowest BCUT2D eigenvalue weighted by Gasteiger charge is -2.07. The van der Waals surface area contributed by atoms with Crippen LogP contribution in [0.1, 0.15) is 5.69 Å². The molecule has 0 saturated carbocycles. The first-order valence-electron chi connectivity index (χ1n) is 5.00. The summed E-state index contributed by atoms with van der Waals surface area (Å²) in [4.78, 5) is 3.98. The third-order valence-electron chi connectivity index (χ3n) is 2.11. The summed E-state index contributed by atoms with van der Waals surface area (Å²) >= 11 is 3.16. The Morgan fingerprint density at radius 2 is 2.11 bits per heavy atom.